The molecule has 0 radical (unpaired) electrons. The van der Waals surface area contributed by atoms with E-state index in [0.717, 1.165) is 30.2 Å². The molecule has 0 bridgehead atoms. The fourth-order valence-corrected chi connectivity index (χ4v) is 5.60. The summed E-state index contributed by atoms with van der Waals surface area (Å²) < 4.78 is 36.5. The van der Waals surface area contributed by atoms with Gasteiger partial charge < -0.3 is 20.1 Å². The van der Waals surface area contributed by atoms with Gasteiger partial charge in [-0.15, -0.1) is 0 Å². The van der Waals surface area contributed by atoms with Crippen molar-refractivity contribution < 1.29 is 27.5 Å². The molecule has 2 amide bonds. The SMILES string of the molecule is COc1cccc(C(CNC(=O)C(=O)Nc2ccc3c(c2)N(S(C)(=O)=O)CCC3)N2CCOCC2)c1. The van der Waals surface area contributed by atoms with Crippen LogP contribution in [0.25, 0.3) is 0 Å². The van der Waals surface area contributed by atoms with Gasteiger partial charge in [0, 0.05) is 31.9 Å². The second-order valence-corrected chi connectivity index (χ2v) is 10.8. The van der Waals surface area contributed by atoms with Crippen LogP contribution in [-0.2, 0) is 30.8 Å². The molecule has 4 rings (SSSR count). The van der Waals surface area contributed by atoms with Crippen molar-refractivity contribution in [2.75, 3.05) is 62.4 Å². The van der Waals surface area contributed by atoms with Gasteiger partial charge >= 0.3 is 11.8 Å². The minimum atomic E-state index is -3.44. The van der Waals surface area contributed by atoms with Crippen molar-refractivity contribution in [3.8, 4) is 5.75 Å². The van der Waals surface area contributed by atoms with E-state index in [0.29, 0.717) is 50.0 Å². The second-order valence-electron chi connectivity index (χ2n) is 8.89. The van der Waals surface area contributed by atoms with Crippen LogP contribution in [0.5, 0.6) is 5.75 Å². The Labute approximate surface area is 211 Å². The van der Waals surface area contributed by atoms with Gasteiger partial charge in [0.15, 0.2) is 0 Å². The lowest BCUT2D eigenvalue weighted by atomic mass is 10.0. The molecule has 0 aromatic heterocycles. The Kier molecular flexibility index (Phi) is 8.12. The molecule has 1 unspecified atom stereocenters. The lowest BCUT2D eigenvalue weighted by molar-refractivity contribution is -0.136. The number of hydrogen-bond acceptors (Lipinski definition) is 7. The molecule has 0 spiro atoms. The van der Waals surface area contributed by atoms with Gasteiger partial charge in [0.2, 0.25) is 10.0 Å². The quantitative estimate of drug-likeness (QED) is 0.536. The number of carbonyl (C=O) groups is 2. The van der Waals surface area contributed by atoms with Crippen molar-refractivity contribution in [3.63, 3.8) is 0 Å². The van der Waals surface area contributed by atoms with E-state index in [-0.39, 0.29) is 12.6 Å². The predicted octanol–water partition coefficient (Wildman–Crippen LogP) is 1.54. The van der Waals surface area contributed by atoms with Crippen molar-refractivity contribution in [2.24, 2.45) is 0 Å². The Hall–Kier alpha value is -3.15. The second kappa shape index (κ2) is 11.3. The van der Waals surface area contributed by atoms with Gasteiger partial charge in [-0.05, 0) is 48.2 Å². The Bertz CT molecular complexity index is 1210. The number of anilines is 2. The van der Waals surface area contributed by atoms with Gasteiger partial charge in [-0.1, -0.05) is 18.2 Å². The average Bonchev–Trinajstić information content (AvgIpc) is 2.88. The fraction of sp³-hybridized carbons (Fsp3) is 0.440. The summed E-state index contributed by atoms with van der Waals surface area (Å²) in [5.74, 6) is -0.873. The van der Waals surface area contributed by atoms with E-state index >= 15 is 0 Å². The highest BCUT2D eigenvalue weighted by atomic mass is 32.2. The van der Waals surface area contributed by atoms with Crippen LogP contribution >= 0.6 is 0 Å². The minimum Gasteiger partial charge on any atom is -0.497 e. The molecular weight excluding hydrogens is 484 g/mol. The largest absolute Gasteiger partial charge is 0.497 e. The van der Waals surface area contributed by atoms with Crippen LogP contribution in [-0.4, -0.2) is 77.9 Å². The molecule has 2 aliphatic heterocycles. The van der Waals surface area contributed by atoms with E-state index in [2.05, 4.69) is 15.5 Å². The monoisotopic (exact) mass is 516 g/mol. The topological polar surface area (TPSA) is 117 Å². The van der Waals surface area contributed by atoms with E-state index < -0.39 is 21.8 Å². The van der Waals surface area contributed by atoms with Crippen LogP contribution in [0.3, 0.4) is 0 Å². The predicted molar refractivity (Wildman–Crippen MR) is 137 cm³/mol. The summed E-state index contributed by atoms with van der Waals surface area (Å²) in [4.78, 5) is 27.6. The first-order chi connectivity index (χ1) is 17.3. The first-order valence-corrected chi connectivity index (χ1v) is 13.8. The van der Waals surface area contributed by atoms with Crippen molar-refractivity contribution in [1.82, 2.24) is 10.2 Å². The van der Waals surface area contributed by atoms with Crippen molar-refractivity contribution in [2.45, 2.75) is 18.9 Å². The number of hydrogen-bond donors (Lipinski definition) is 2. The molecule has 1 fully saturated rings. The van der Waals surface area contributed by atoms with E-state index in [1.54, 1.807) is 25.3 Å². The van der Waals surface area contributed by atoms with E-state index in [1.807, 2.05) is 24.3 Å². The first-order valence-electron chi connectivity index (χ1n) is 11.9. The summed E-state index contributed by atoms with van der Waals surface area (Å²) in [6.45, 7) is 3.21. The number of rotatable bonds is 7. The highest BCUT2D eigenvalue weighted by Gasteiger charge is 2.27. The molecule has 2 aliphatic rings. The Morgan fingerprint density at radius 3 is 2.58 bits per heavy atom. The van der Waals surface area contributed by atoms with Crippen LogP contribution in [0.2, 0.25) is 0 Å². The number of carbonyl (C=O) groups excluding carboxylic acids is 2. The number of morpholine rings is 1. The van der Waals surface area contributed by atoms with Gasteiger partial charge in [0.1, 0.15) is 5.75 Å². The molecule has 194 valence electrons. The maximum atomic E-state index is 12.7. The number of fused-ring (bicyclic) bond motifs is 1. The molecule has 1 atom stereocenters. The van der Waals surface area contributed by atoms with E-state index in [9.17, 15) is 18.0 Å². The smallest absolute Gasteiger partial charge is 0.313 e. The molecule has 36 heavy (non-hydrogen) atoms. The lowest BCUT2D eigenvalue weighted by Crippen LogP contribution is -2.45. The van der Waals surface area contributed by atoms with Crippen molar-refractivity contribution in [3.05, 3.63) is 53.6 Å². The van der Waals surface area contributed by atoms with E-state index in [4.69, 9.17) is 9.47 Å². The number of methoxy groups -OCH3 is 1. The minimum absolute atomic E-state index is 0.159. The molecule has 11 heteroatoms. The molecule has 0 aliphatic carbocycles. The van der Waals surface area contributed by atoms with Crippen LogP contribution < -0.4 is 19.7 Å². The fourth-order valence-electron chi connectivity index (χ4n) is 4.62. The van der Waals surface area contributed by atoms with Gasteiger partial charge in [-0.3, -0.25) is 18.8 Å². The summed E-state index contributed by atoms with van der Waals surface area (Å²) in [6.07, 6.45) is 2.64. The molecule has 10 nitrogen and oxygen atoms in total. The summed E-state index contributed by atoms with van der Waals surface area (Å²) in [5, 5.41) is 5.35. The van der Waals surface area contributed by atoms with Crippen molar-refractivity contribution >= 4 is 33.2 Å². The summed E-state index contributed by atoms with van der Waals surface area (Å²) in [6, 6.07) is 12.6. The number of ether oxygens (including phenoxy) is 2. The standard InChI is InChI=1S/C25H32N4O6S/c1-34-21-7-3-5-19(15-21)23(28-11-13-35-14-12-28)17-26-24(30)25(31)27-20-9-8-18-6-4-10-29(22(18)16-20)36(2,32)33/h3,5,7-9,15-16,23H,4,6,10-14,17H2,1-2H3,(H,26,30)(H,27,31). The number of nitrogens with zero attached hydrogens (tertiary/aromatic N) is 2. The number of nitrogens with one attached hydrogen (secondary N) is 2. The highest BCUT2D eigenvalue weighted by Crippen LogP contribution is 2.31. The first kappa shape index (κ1) is 25.9. The number of aryl methyl sites for hydroxylation is 1. The zero-order chi connectivity index (χ0) is 25.7. The third-order valence-corrected chi connectivity index (χ3v) is 7.63. The lowest BCUT2D eigenvalue weighted by Gasteiger charge is -2.35. The molecule has 2 aromatic rings. The Balaban J connectivity index is 1.44. The Morgan fingerprint density at radius 2 is 1.86 bits per heavy atom. The molecule has 2 N–H and O–H groups in total. The van der Waals surface area contributed by atoms with E-state index in [1.165, 1.54) is 4.31 Å². The van der Waals surface area contributed by atoms with Crippen LogP contribution in [0, 0.1) is 0 Å². The average molecular weight is 517 g/mol. The normalized spacial score (nSPS) is 17.1. The summed E-state index contributed by atoms with van der Waals surface area (Å²) in [7, 11) is -1.84. The van der Waals surface area contributed by atoms with Crippen LogP contribution in [0.1, 0.15) is 23.6 Å². The zero-order valence-electron chi connectivity index (χ0n) is 20.5. The number of sulfonamides is 1. The number of amides is 2. The van der Waals surface area contributed by atoms with Gasteiger partial charge in [-0.25, -0.2) is 8.42 Å². The van der Waals surface area contributed by atoms with Crippen molar-refractivity contribution in [1.29, 1.82) is 0 Å². The maximum absolute atomic E-state index is 12.7. The summed E-state index contributed by atoms with van der Waals surface area (Å²) in [5.41, 5.74) is 2.75. The van der Waals surface area contributed by atoms with Crippen LogP contribution in [0.15, 0.2) is 42.5 Å². The molecule has 2 aromatic carbocycles. The van der Waals surface area contributed by atoms with Gasteiger partial charge in [0.25, 0.3) is 0 Å². The third-order valence-electron chi connectivity index (χ3n) is 6.45. The summed E-state index contributed by atoms with van der Waals surface area (Å²) >= 11 is 0. The molecule has 1 saturated heterocycles. The highest BCUT2D eigenvalue weighted by molar-refractivity contribution is 7.92. The third kappa shape index (κ3) is 6.15. The maximum Gasteiger partial charge on any atom is 0.313 e. The number of benzene rings is 2. The Morgan fingerprint density at radius 1 is 1.08 bits per heavy atom. The molecule has 0 saturated carbocycles. The zero-order valence-corrected chi connectivity index (χ0v) is 21.3. The molecular formula is C25H32N4O6S. The molecule has 2 heterocycles. The van der Waals surface area contributed by atoms with Crippen LogP contribution in [0.4, 0.5) is 11.4 Å². The van der Waals surface area contributed by atoms with Gasteiger partial charge in [0.05, 0.1) is 38.3 Å². The van der Waals surface area contributed by atoms with Gasteiger partial charge in [-0.2, -0.15) is 0 Å².